The van der Waals surface area contributed by atoms with Crippen LogP contribution < -0.4 is 5.32 Å². The molecule has 1 saturated heterocycles. The summed E-state index contributed by atoms with van der Waals surface area (Å²) in [6, 6.07) is 12.6. The van der Waals surface area contributed by atoms with E-state index in [4.69, 9.17) is 0 Å². The van der Waals surface area contributed by atoms with E-state index in [-0.39, 0.29) is 23.0 Å². The number of hydrogen-bond acceptors (Lipinski definition) is 3. The highest BCUT2D eigenvalue weighted by molar-refractivity contribution is 7.89. The van der Waals surface area contributed by atoms with Gasteiger partial charge in [0.15, 0.2) is 0 Å². The van der Waals surface area contributed by atoms with Crippen molar-refractivity contribution in [1.82, 2.24) is 4.31 Å². The largest absolute Gasteiger partial charge is 0.323 e. The first-order valence-corrected chi connectivity index (χ1v) is 9.94. The van der Waals surface area contributed by atoms with Gasteiger partial charge in [0.05, 0.1) is 16.5 Å². The van der Waals surface area contributed by atoms with Gasteiger partial charge in [0.2, 0.25) is 15.9 Å². The Kier molecular flexibility index (Phi) is 5.38. The van der Waals surface area contributed by atoms with Crippen molar-refractivity contribution in [3.05, 3.63) is 59.9 Å². The second kappa shape index (κ2) is 7.55. The zero-order valence-electron chi connectivity index (χ0n) is 14.5. The zero-order chi connectivity index (χ0) is 18.7. The van der Waals surface area contributed by atoms with E-state index in [0.29, 0.717) is 19.4 Å². The molecule has 26 heavy (non-hydrogen) atoms. The number of para-hydroxylation sites is 1. The van der Waals surface area contributed by atoms with E-state index in [1.807, 2.05) is 6.92 Å². The molecule has 5 nitrogen and oxygen atoms in total. The average molecular weight is 376 g/mol. The van der Waals surface area contributed by atoms with Crippen molar-refractivity contribution in [2.45, 2.75) is 24.7 Å². The maximum absolute atomic E-state index is 13.7. The second-order valence-corrected chi connectivity index (χ2v) is 8.42. The molecule has 0 aromatic heterocycles. The minimum atomic E-state index is -3.65. The van der Waals surface area contributed by atoms with Crippen LogP contribution in [-0.2, 0) is 14.8 Å². The fraction of sp³-hybridized carbons (Fsp3) is 0.316. The highest BCUT2D eigenvalue weighted by atomic mass is 32.2. The number of nitrogens with zero attached hydrogens (tertiary/aromatic N) is 1. The monoisotopic (exact) mass is 376 g/mol. The van der Waals surface area contributed by atoms with Crippen LogP contribution in [0.1, 0.15) is 18.4 Å². The molecule has 1 aliphatic heterocycles. The lowest BCUT2D eigenvalue weighted by atomic mass is 9.98. The summed E-state index contributed by atoms with van der Waals surface area (Å²) in [5.74, 6) is -1.39. The van der Waals surface area contributed by atoms with Crippen LogP contribution in [-0.4, -0.2) is 31.7 Å². The van der Waals surface area contributed by atoms with Crippen molar-refractivity contribution in [1.29, 1.82) is 0 Å². The van der Waals surface area contributed by atoms with E-state index in [1.54, 1.807) is 36.4 Å². The molecule has 0 radical (unpaired) electrons. The molecule has 2 aromatic rings. The molecule has 3 rings (SSSR count). The van der Waals surface area contributed by atoms with Gasteiger partial charge in [-0.15, -0.1) is 0 Å². The number of benzene rings is 2. The van der Waals surface area contributed by atoms with Crippen LogP contribution in [0.2, 0.25) is 0 Å². The molecule has 1 unspecified atom stereocenters. The lowest BCUT2D eigenvalue weighted by Gasteiger charge is -2.31. The first-order valence-electron chi connectivity index (χ1n) is 8.50. The molecule has 0 saturated carbocycles. The first-order chi connectivity index (χ1) is 12.4. The SMILES string of the molecule is Cc1ccc(S(=O)(=O)N2CCCC(C(=O)Nc3ccccc3F)C2)cc1. The topological polar surface area (TPSA) is 66.5 Å². The molecular weight excluding hydrogens is 355 g/mol. The molecule has 0 bridgehead atoms. The quantitative estimate of drug-likeness (QED) is 0.891. The van der Waals surface area contributed by atoms with Crippen molar-refractivity contribution >= 4 is 21.6 Å². The highest BCUT2D eigenvalue weighted by Gasteiger charge is 2.33. The molecule has 1 heterocycles. The van der Waals surface area contributed by atoms with Gasteiger partial charge < -0.3 is 5.32 Å². The van der Waals surface area contributed by atoms with Gasteiger partial charge in [0, 0.05) is 13.1 Å². The lowest BCUT2D eigenvalue weighted by molar-refractivity contribution is -0.120. The molecule has 1 atom stereocenters. The van der Waals surface area contributed by atoms with Gasteiger partial charge in [-0.25, -0.2) is 12.8 Å². The maximum atomic E-state index is 13.7. The number of anilines is 1. The Morgan fingerprint density at radius 3 is 2.54 bits per heavy atom. The number of piperidine rings is 1. The van der Waals surface area contributed by atoms with Crippen LogP contribution in [0.25, 0.3) is 0 Å². The molecule has 1 N–H and O–H groups in total. The van der Waals surface area contributed by atoms with Gasteiger partial charge in [0.25, 0.3) is 0 Å². The van der Waals surface area contributed by atoms with E-state index >= 15 is 0 Å². The summed E-state index contributed by atoms with van der Waals surface area (Å²) in [7, 11) is -3.65. The lowest BCUT2D eigenvalue weighted by Crippen LogP contribution is -2.43. The Hall–Kier alpha value is -2.25. The molecule has 1 fully saturated rings. The van der Waals surface area contributed by atoms with Crippen molar-refractivity contribution in [3.8, 4) is 0 Å². The number of hydrogen-bond donors (Lipinski definition) is 1. The summed E-state index contributed by atoms with van der Waals surface area (Å²) < 4.78 is 40.7. The molecule has 0 aliphatic carbocycles. The van der Waals surface area contributed by atoms with Gasteiger partial charge in [-0.2, -0.15) is 4.31 Å². The predicted octanol–water partition coefficient (Wildman–Crippen LogP) is 3.17. The molecular formula is C19H21FN2O3S. The summed E-state index contributed by atoms with van der Waals surface area (Å²) >= 11 is 0. The van der Waals surface area contributed by atoms with E-state index in [0.717, 1.165) is 5.56 Å². The summed E-state index contributed by atoms with van der Waals surface area (Å²) in [4.78, 5) is 12.7. The van der Waals surface area contributed by atoms with Crippen molar-refractivity contribution in [3.63, 3.8) is 0 Å². The van der Waals surface area contributed by atoms with E-state index in [2.05, 4.69) is 5.32 Å². The smallest absolute Gasteiger partial charge is 0.243 e. The van der Waals surface area contributed by atoms with E-state index in [9.17, 15) is 17.6 Å². The zero-order valence-corrected chi connectivity index (χ0v) is 15.3. The molecule has 7 heteroatoms. The Labute approximate surface area is 152 Å². The molecule has 2 aromatic carbocycles. The standard InChI is InChI=1S/C19H21FN2O3S/c1-14-8-10-16(11-9-14)26(24,25)22-12-4-5-15(13-22)19(23)21-18-7-3-2-6-17(18)20/h2-3,6-11,15H,4-5,12-13H2,1H3,(H,21,23). The highest BCUT2D eigenvalue weighted by Crippen LogP contribution is 2.25. The molecule has 138 valence electrons. The first kappa shape index (κ1) is 18.5. The number of carbonyl (C=O) groups excluding carboxylic acids is 1. The van der Waals surface area contributed by atoms with Gasteiger partial charge in [-0.05, 0) is 44.0 Å². The third-order valence-corrected chi connectivity index (χ3v) is 6.42. The van der Waals surface area contributed by atoms with Crippen LogP contribution >= 0.6 is 0 Å². The fourth-order valence-electron chi connectivity index (χ4n) is 3.03. The number of sulfonamides is 1. The maximum Gasteiger partial charge on any atom is 0.243 e. The van der Waals surface area contributed by atoms with Crippen LogP contribution in [0.3, 0.4) is 0 Å². The molecule has 1 aliphatic rings. The normalized spacial score (nSPS) is 18.5. The minimum absolute atomic E-state index is 0.0937. The average Bonchev–Trinajstić information content (AvgIpc) is 2.64. The number of nitrogens with one attached hydrogen (secondary N) is 1. The van der Waals surface area contributed by atoms with Crippen molar-refractivity contribution in [2.24, 2.45) is 5.92 Å². The van der Waals surface area contributed by atoms with Crippen LogP contribution in [0.5, 0.6) is 0 Å². The minimum Gasteiger partial charge on any atom is -0.323 e. The van der Waals surface area contributed by atoms with Crippen molar-refractivity contribution in [2.75, 3.05) is 18.4 Å². The second-order valence-electron chi connectivity index (χ2n) is 6.48. The van der Waals surface area contributed by atoms with Gasteiger partial charge in [-0.1, -0.05) is 29.8 Å². The van der Waals surface area contributed by atoms with Crippen LogP contribution in [0.15, 0.2) is 53.4 Å². The molecule has 1 amide bonds. The number of halogens is 1. The number of aryl methyl sites for hydroxylation is 1. The van der Waals surface area contributed by atoms with Crippen LogP contribution in [0.4, 0.5) is 10.1 Å². The van der Waals surface area contributed by atoms with Gasteiger partial charge in [0.1, 0.15) is 5.82 Å². The van der Waals surface area contributed by atoms with E-state index in [1.165, 1.54) is 16.4 Å². The summed E-state index contributed by atoms with van der Waals surface area (Å²) in [6.07, 6.45) is 1.15. The number of carbonyl (C=O) groups is 1. The van der Waals surface area contributed by atoms with Gasteiger partial charge >= 0.3 is 0 Å². The Morgan fingerprint density at radius 2 is 1.85 bits per heavy atom. The van der Waals surface area contributed by atoms with Gasteiger partial charge in [-0.3, -0.25) is 4.79 Å². The summed E-state index contributed by atoms with van der Waals surface area (Å²) in [5.41, 5.74) is 1.08. The molecule has 0 spiro atoms. The third kappa shape index (κ3) is 3.94. The van der Waals surface area contributed by atoms with Crippen LogP contribution in [0, 0.1) is 18.7 Å². The number of rotatable bonds is 4. The Bertz CT molecular complexity index is 897. The fourth-order valence-corrected chi connectivity index (χ4v) is 4.56. The van der Waals surface area contributed by atoms with Crippen molar-refractivity contribution < 1.29 is 17.6 Å². The third-order valence-electron chi connectivity index (χ3n) is 4.55. The van der Waals surface area contributed by atoms with E-state index < -0.39 is 21.8 Å². The predicted molar refractivity (Wildman–Crippen MR) is 97.7 cm³/mol. The number of amides is 1. The summed E-state index contributed by atoms with van der Waals surface area (Å²) in [6.45, 7) is 2.36. The Morgan fingerprint density at radius 1 is 1.15 bits per heavy atom. The summed E-state index contributed by atoms with van der Waals surface area (Å²) in [5, 5.41) is 2.56. The Balaban J connectivity index is 1.73.